The summed E-state index contributed by atoms with van der Waals surface area (Å²) in [6.45, 7) is 0.603. The van der Waals surface area contributed by atoms with Crippen molar-refractivity contribution >= 4 is 28.8 Å². The van der Waals surface area contributed by atoms with E-state index >= 15 is 0 Å². The molecule has 0 bridgehead atoms. The van der Waals surface area contributed by atoms with Gasteiger partial charge in [-0.15, -0.1) is 11.3 Å². The van der Waals surface area contributed by atoms with Crippen LogP contribution < -0.4 is 10.6 Å². The zero-order valence-corrected chi connectivity index (χ0v) is 14.4. The lowest BCUT2D eigenvalue weighted by Gasteiger charge is -2.07. The van der Waals surface area contributed by atoms with Gasteiger partial charge in [-0.2, -0.15) is 0 Å². The second-order valence-electron chi connectivity index (χ2n) is 5.48. The van der Waals surface area contributed by atoms with Crippen molar-refractivity contribution in [2.75, 3.05) is 11.9 Å². The minimum absolute atomic E-state index is 0.113. The predicted octanol–water partition coefficient (Wildman–Crippen LogP) is 3.97. The Morgan fingerprint density at radius 3 is 2.20 bits per heavy atom. The third kappa shape index (κ3) is 4.78. The summed E-state index contributed by atoms with van der Waals surface area (Å²) in [5.74, 6) is -0.286. The van der Waals surface area contributed by atoms with E-state index in [4.69, 9.17) is 0 Å². The molecule has 0 unspecified atom stereocenters. The van der Waals surface area contributed by atoms with E-state index < -0.39 is 0 Å². The molecule has 3 rings (SSSR count). The molecular weight excluding hydrogens is 332 g/mol. The second kappa shape index (κ2) is 8.26. The zero-order valence-electron chi connectivity index (χ0n) is 13.6. The number of carbonyl (C=O) groups excluding carboxylic acids is 2. The maximum atomic E-state index is 12.1. The Morgan fingerprint density at radius 1 is 0.800 bits per heavy atom. The Balaban J connectivity index is 1.52. The number of hydrogen-bond donors (Lipinski definition) is 2. The van der Waals surface area contributed by atoms with Crippen LogP contribution in [0.1, 0.15) is 25.6 Å². The average Bonchev–Trinajstić information content (AvgIpc) is 3.16. The highest BCUT2D eigenvalue weighted by molar-refractivity contribution is 7.09. The minimum atomic E-state index is -0.172. The lowest BCUT2D eigenvalue weighted by Crippen LogP contribution is -2.25. The summed E-state index contributed by atoms with van der Waals surface area (Å²) >= 11 is 1.68. The largest absolute Gasteiger partial charge is 0.352 e. The molecule has 5 heteroatoms. The molecule has 3 aromatic rings. The first-order valence-electron chi connectivity index (χ1n) is 7.99. The van der Waals surface area contributed by atoms with E-state index in [0.29, 0.717) is 23.4 Å². The molecule has 126 valence electrons. The maximum Gasteiger partial charge on any atom is 0.255 e. The molecule has 2 amide bonds. The smallest absolute Gasteiger partial charge is 0.255 e. The number of thiophene rings is 1. The predicted molar refractivity (Wildman–Crippen MR) is 101 cm³/mol. The zero-order chi connectivity index (χ0) is 17.5. The summed E-state index contributed by atoms with van der Waals surface area (Å²) in [6, 6.07) is 20.0. The van der Waals surface area contributed by atoms with Crippen LogP contribution in [0.5, 0.6) is 0 Å². The van der Waals surface area contributed by atoms with Crippen molar-refractivity contribution in [3.8, 4) is 0 Å². The Labute approximate surface area is 150 Å². The van der Waals surface area contributed by atoms with E-state index in [1.54, 1.807) is 47.7 Å². The quantitative estimate of drug-likeness (QED) is 0.707. The molecule has 0 atom stereocenters. The van der Waals surface area contributed by atoms with Gasteiger partial charge < -0.3 is 10.6 Å². The van der Waals surface area contributed by atoms with Crippen LogP contribution in [-0.2, 0) is 6.42 Å². The molecule has 25 heavy (non-hydrogen) atoms. The first kappa shape index (κ1) is 16.9. The van der Waals surface area contributed by atoms with Crippen LogP contribution >= 0.6 is 11.3 Å². The summed E-state index contributed by atoms with van der Waals surface area (Å²) in [5, 5.41) is 7.75. The molecule has 4 nitrogen and oxygen atoms in total. The summed E-state index contributed by atoms with van der Waals surface area (Å²) in [6.07, 6.45) is 0.828. The number of hydrogen-bond acceptors (Lipinski definition) is 3. The van der Waals surface area contributed by atoms with Crippen LogP contribution in [0.25, 0.3) is 0 Å². The fourth-order valence-corrected chi connectivity index (χ4v) is 3.06. The van der Waals surface area contributed by atoms with Crippen LogP contribution in [0.2, 0.25) is 0 Å². The number of amides is 2. The molecule has 0 aliphatic carbocycles. The van der Waals surface area contributed by atoms with E-state index in [9.17, 15) is 9.59 Å². The van der Waals surface area contributed by atoms with E-state index in [1.165, 1.54) is 4.88 Å². The first-order chi connectivity index (χ1) is 12.2. The number of rotatable bonds is 6. The van der Waals surface area contributed by atoms with E-state index in [1.807, 2.05) is 29.6 Å². The minimum Gasteiger partial charge on any atom is -0.352 e. The van der Waals surface area contributed by atoms with Crippen molar-refractivity contribution in [2.45, 2.75) is 6.42 Å². The fraction of sp³-hybridized carbons (Fsp3) is 0.100. The van der Waals surface area contributed by atoms with Gasteiger partial charge in [-0.1, -0.05) is 24.3 Å². The lowest BCUT2D eigenvalue weighted by molar-refractivity contribution is 0.0953. The molecule has 0 fully saturated rings. The van der Waals surface area contributed by atoms with Crippen LogP contribution in [0.15, 0.2) is 72.1 Å². The van der Waals surface area contributed by atoms with Crippen molar-refractivity contribution in [3.05, 3.63) is 88.1 Å². The van der Waals surface area contributed by atoms with Gasteiger partial charge in [0.2, 0.25) is 0 Å². The first-order valence-corrected chi connectivity index (χ1v) is 8.87. The summed E-state index contributed by atoms with van der Waals surface area (Å²) in [5.41, 5.74) is 1.82. The van der Waals surface area contributed by atoms with Gasteiger partial charge in [-0.05, 0) is 54.3 Å². The van der Waals surface area contributed by atoms with Crippen molar-refractivity contribution < 1.29 is 9.59 Å². The molecule has 0 aliphatic heterocycles. The lowest BCUT2D eigenvalue weighted by atomic mass is 10.1. The van der Waals surface area contributed by atoms with Crippen molar-refractivity contribution in [1.29, 1.82) is 0 Å². The van der Waals surface area contributed by atoms with Crippen molar-refractivity contribution in [2.24, 2.45) is 0 Å². The van der Waals surface area contributed by atoms with E-state index in [-0.39, 0.29) is 11.8 Å². The summed E-state index contributed by atoms with van der Waals surface area (Å²) in [4.78, 5) is 25.5. The molecule has 2 N–H and O–H groups in total. The molecule has 0 spiro atoms. The second-order valence-corrected chi connectivity index (χ2v) is 6.52. The summed E-state index contributed by atoms with van der Waals surface area (Å²) in [7, 11) is 0. The topological polar surface area (TPSA) is 58.2 Å². The van der Waals surface area contributed by atoms with Gasteiger partial charge in [0.05, 0.1) is 0 Å². The maximum absolute atomic E-state index is 12.1. The Bertz CT molecular complexity index is 828. The molecular formula is C20H18N2O2S. The van der Waals surface area contributed by atoms with E-state index in [0.717, 1.165) is 6.42 Å². The Hall–Kier alpha value is -2.92. The highest BCUT2D eigenvalue weighted by atomic mass is 32.1. The molecule has 1 heterocycles. The van der Waals surface area contributed by atoms with Crippen LogP contribution in [-0.4, -0.2) is 18.4 Å². The third-order valence-electron chi connectivity index (χ3n) is 3.68. The standard InChI is InChI=1S/C20H18N2O2S/c23-19(21-13-12-18-7-4-14-25-18)16-8-10-17(11-9-16)22-20(24)15-5-2-1-3-6-15/h1-11,14H,12-13H2,(H,21,23)(H,22,24). The molecule has 1 aromatic heterocycles. The van der Waals surface area contributed by atoms with Gasteiger partial charge in [-0.25, -0.2) is 0 Å². The molecule has 0 radical (unpaired) electrons. The molecule has 0 saturated heterocycles. The fourth-order valence-electron chi connectivity index (χ4n) is 2.35. The normalized spacial score (nSPS) is 10.2. The average molecular weight is 350 g/mol. The van der Waals surface area contributed by atoms with Crippen LogP contribution in [0.4, 0.5) is 5.69 Å². The molecule has 2 aromatic carbocycles. The number of benzene rings is 2. The number of anilines is 1. The van der Waals surface area contributed by atoms with Crippen LogP contribution in [0.3, 0.4) is 0 Å². The Kier molecular flexibility index (Phi) is 5.59. The van der Waals surface area contributed by atoms with Crippen molar-refractivity contribution in [1.82, 2.24) is 5.32 Å². The SMILES string of the molecule is O=C(NCCc1cccs1)c1ccc(NC(=O)c2ccccc2)cc1. The van der Waals surface area contributed by atoms with Gasteiger partial charge in [0, 0.05) is 28.2 Å². The number of carbonyl (C=O) groups is 2. The summed E-state index contributed by atoms with van der Waals surface area (Å²) < 4.78 is 0. The van der Waals surface area contributed by atoms with Gasteiger partial charge in [0.25, 0.3) is 11.8 Å². The Morgan fingerprint density at radius 2 is 1.52 bits per heavy atom. The number of nitrogens with one attached hydrogen (secondary N) is 2. The van der Waals surface area contributed by atoms with Gasteiger partial charge in [-0.3, -0.25) is 9.59 Å². The van der Waals surface area contributed by atoms with Gasteiger partial charge in [0.1, 0.15) is 0 Å². The van der Waals surface area contributed by atoms with Crippen molar-refractivity contribution in [3.63, 3.8) is 0 Å². The highest BCUT2D eigenvalue weighted by Gasteiger charge is 2.08. The highest BCUT2D eigenvalue weighted by Crippen LogP contribution is 2.12. The van der Waals surface area contributed by atoms with E-state index in [2.05, 4.69) is 16.7 Å². The molecule has 0 saturated carbocycles. The monoisotopic (exact) mass is 350 g/mol. The van der Waals surface area contributed by atoms with Gasteiger partial charge >= 0.3 is 0 Å². The molecule has 0 aliphatic rings. The third-order valence-corrected chi connectivity index (χ3v) is 4.61. The van der Waals surface area contributed by atoms with Gasteiger partial charge in [0.15, 0.2) is 0 Å². The van der Waals surface area contributed by atoms with Crippen LogP contribution in [0, 0.1) is 0 Å².